The second-order valence-corrected chi connectivity index (χ2v) is 14.0. The molecule has 2 nitrogen and oxygen atoms in total. The summed E-state index contributed by atoms with van der Waals surface area (Å²) < 4.78 is 0. The number of aryl methyl sites for hydroxylation is 1. The molecule has 1 aromatic heterocycles. The van der Waals surface area contributed by atoms with Crippen LogP contribution in [0.1, 0.15) is 5.56 Å². The van der Waals surface area contributed by atoms with Crippen LogP contribution in [-0.2, 0) is 0 Å². The van der Waals surface area contributed by atoms with Gasteiger partial charge in [-0.15, -0.1) is 0 Å². The molecule has 0 spiro atoms. The maximum absolute atomic E-state index is 5.04. The summed E-state index contributed by atoms with van der Waals surface area (Å²) in [7, 11) is 0. The average Bonchev–Trinajstić information content (AvgIpc) is 3.25. The maximum atomic E-state index is 5.04. The standard InChI is InChI=1S/C52H36N2/c1-35-25-27-40(28-26-35)54(52-42-22-12-11-19-38(42)31-32-53-52)41-29-30-45-48(33-41)43-23-13-14-24-44(43)50-47(37-17-7-3-8-18-37)34-46(36-15-5-2-6-16-36)49(51(45)50)39-20-9-4-10-21-39/h2-34H,1H3. The lowest BCUT2D eigenvalue weighted by Crippen LogP contribution is -2.12. The Hall–Kier alpha value is -7.03. The third-order valence-electron chi connectivity index (χ3n) is 10.7. The maximum Gasteiger partial charge on any atom is 0.145 e. The summed E-state index contributed by atoms with van der Waals surface area (Å²) in [5, 5.41) is 9.67. The summed E-state index contributed by atoms with van der Waals surface area (Å²) in [5.41, 5.74) is 10.6. The first-order valence-electron chi connectivity index (χ1n) is 18.5. The SMILES string of the molecule is Cc1ccc(N(c2ccc3c(c2)c2ccccc2c2c(-c4ccccc4)cc(-c4ccccc4)c(-c4ccccc4)c32)c2nccc3ccccc23)cc1. The van der Waals surface area contributed by atoms with Crippen LogP contribution in [0.25, 0.3) is 76.5 Å². The normalized spacial score (nSPS) is 11.4. The first kappa shape index (κ1) is 31.7. The van der Waals surface area contributed by atoms with E-state index in [1.165, 1.54) is 71.3 Å². The molecule has 0 radical (unpaired) electrons. The van der Waals surface area contributed by atoms with Crippen LogP contribution in [0.3, 0.4) is 0 Å². The van der Waals surface area contributed by atoms with Crippen LogP contribution in [0, 0.1) is 6.92 Å². The Labute approximate surface area is 315 Å². The van der Waals surface area contributed by atoms with Gasteiger partial charge in [-0.2, -0.15) is 0 Å². The minimum Gasteiger partial charge on any atom is -0.295 e. The lowest BCUT2D eigenvalue weighted by atomic mass is 9.81. The number of benzene rings is 9. The van der Waals surface area contributed by atoms with Gasteiger partial charge in [0, 0.05) is 23.0 Å². The van der Waals surface area contributed by atoms with Crippen molar-refractivity contribution in [2.75, 3.05) is 4.90 Å². The van der Waals surface area contributed by atoms with Crippen molar-refractivity contribution in [1.82, 2.24) is 4.98 Å². The number of pyridine rings is 1. The number of nitrogens with zero attached hydrogens (tertiary/aromatic N) is 2. The van der Waals surface area contributed by atoms with E-state index in [9.17, 15) is 0 Å². The van der Waals surface area contributed by atoms with Crippen LogP contribution in [0.5, 0.6) is 0 Å². The monoisotopic (exact) mass is 688 g/mol. The Kier molecular flexibility index (Phi) is 7.74. The molecule has 0 atom stereocenters. The van der Waals surface area contributed by atoms with E-state index in [0.29, 0.717) is 0 Å². The number of hydrogen-bond acceptors (Lipinski definition) is 2. The van der Waals surface area contributed by atoms with Crippen molar-refractivity contribution < 1.29 is 0 Å². The quantitative estimate of drug-likeness (QED) is 0.162. The molecule has 0 aliphatic carbocycles. The summed E-state index contributed by atoms with van der Waals surface area (Å²) in [6.07, 6.45) is 1.92. The van der Waals surface area contributed by atoms with E-state index in [1.54, 1.807) is 0 Å². The fraction of sp³-hybridized carbons (Fsp3) is 0.0192. The van der Waals surface area contributed by atoms with Crippen molar-refractivity contribution in [3.8, 4) is 33.4 Å². The van der Waals surface area contributed by atoms with Gasteiger partial charge in [0.15, 0.2) is 0 Å². The summed E-state index contributed by atoms with van der Waals surface area (Å²) in [5.74, 6) is 0.907. The van der Waals surface area contributed by atoms with Crippen LogP contribution < -0.4 is 4.90 Å². The van der Waals surface area contributed by atoms with Crippen molar-refractivity contribution in [3.05, 3.63) is 206 Å². The first-order chi connectivity index (χ1) is 26.7. The fourth-order valence-corrected chi connectivity index (χ4v) is 8.25. The molecular formula is C52H36N2. The van der Waals surface area contributed by atoms with Crippen molar-refractivity contribution in [2.24, 2.45) is 0 Å². The molecule has 54 heavy (non-hydrogen) atoms. The van der Waals surface area contributed by atoms with Crippen LogP contribution in [0.4, 0.5) is 17.2 Å². The van der Waals surface area contributed by atoms with Crippen LogP contribution in [-0.4, -0.2) is 4.98 Å². The Bertz CT molecular complexity index is 2970. The highest BCUT2D eigenvalue weighted by Crippen LogP contribution is 2.50. The predicted molar refractivity (Wildman–Crippen MR) is 230 cm³/mol. The Morgan fingerprint density at radius 2 is 0.944 bits per heavy atom. The van der Waals surface area contributed by atoms with Gasteiger partial charge < -0.3 is 0 Å². The van der Waals surface area contributed by atoms with E-state index in [2.05, 4.69) is 206 Å². The zero-order valence-electron chi connectivity index (χ0n) is 29.9. The molecule has 9 aromatic carbocycles. The molecule has 0 saturated carbocycles. The molecule has 2 heteroatoms. The number of rotatable bonds is 6. The van der Waals surface area contributed by atoms with Gasteiger partial charge in [-0.1, -0.05) is 163 Å². The lowest BCUT2D eigenvalue weighted by molar-refractivity contribution is 1.20. The van der Waals surface area contributed by atoms with E-state index >= 15 is 0 Å². The summed E-state index contributed by atoms with van der Waals surface area (Å²) in [6, 6.07) is 70.4. The number of aromatic nitrogens is 1. The molecule has 0 unspecified atom stereocenters. The van der Waals surface area contributed by atoms with E-state index in [-0.39, 0.29) is 0 Å². The molecule has 0 saturated heterocycles. The Morgan fingerprint density at radius 1 is 0.389 bits per heavy atom. The summed E-state index contributed by atoms with van der Waals surface area (Å²) in [4.78, 5) is 7.36. The largest absolute Gasteiger partial charge is 0.295 e. The predicted octanol–water partition coefficient (Wildman–Crippen LogP) is 14.5. The minimum atomic E-state index is 0.907. The Morgan fingerprint density at radius 3 is 1.65 bits per heavy atom. The van der Waals surface area contributed by atoms with E-state index < -0.39 is 0 Å². The van der Waals surface area contributed by atoms with Crippen LogP contribution >= 0.6 is 0 Å². The van der Waals surface area contributed by atoms with Crippen molar-refractivity contribution in [2.45, 2.75) is 6.92 Å². The van der Waals surface area contributed by atoms with Crippen LogP contribution in [0.15, 0.2) is 200 Å². The fourth-order valence-electron chi connectivity index (χ4n) is 8.25. The minimum absolute atomic E-state index is 0.907. The first-order valence-corrected chi connectivity index (χ1v) is 18.5. The molecule has 10 aromatic rings. The van der Waals surface area contributed by atoms with Crippen molar-refractivity contribution in [3.63, 3.8) is 0 Å². The van der Waals surface area contributed by atoms with Gasteiger partial charge in [0.05, 0.1) is 0 Å². The van der Waals surface area contributed by atoms with Gasteiger partial charge in [0.25, 0.3) is 0 Å². The van der Waals surface area contributed by atoms with E-state index in [0.717, 1.165) is 28.0 Å². The third kappa shape index (κ3) is 5.31. The molecular weight excluding hydrogens is 653 g/mol. The van der Waals surface area contributed by atoms with E-state index in [4.69, 9.17) is 4.98 Å². The number of anilines is 3. The number of fused-ring (bicyclic) bond motifs is 7. The van der Waals surface area contributed by atoms with Gasteiger partial charge in [-0.05, 0) is 114 Å². The van der Waals surface area contributed by atoms with Crippen molar-refractivity contribution >= 4 is 60.3 Å². The molecule has 0 N–H and O–H groups in total. The van der Waals surface area contributed by atoms with Crippen LogP contribution in [0.2, 0.25) is 0 Å². The third-order valence-corrected chi connectivity index (χ3v) is 10.7. The zero-order valence-corrected chi connectivity index (χ0v) is 29.9. The molecule has 1 heterocycles. The molecule has 0 fully saturated rings. The van der Waals surface area contributed by atoms with Gasteiger partial charge in [0.1, 0.15) is 5.82 Å². The highest BCUT2D eigenvalue weighted by Gasteiger charge is 2.23. The summed E-state index contributed by atoms with van der Waals surface area (Å²) in [6.45, 7) is 2.13. The Balaban J connectivity index is 1.37. The van der Waals surface area contributed by atoms with Gasteiger partial charge >= 0.3 is 0 Å². The van der Waals surface area contributed by atoms with Gasteiger partial charge in [-0.3, -0.25) is 4.90 Å². The molecule has 0 amide bonds. The molecule has 0 bridgehead atoms. The van der Waals surface area contributed by atoms with Gasteiger partial charge in [-0.25, -0.2) is 4.98 Å². The second-order valence-electron chi connectivity index (χ2n) is 14.0. The topological polar surface area (TPSA) is 16.1 Å². The average molecular weight is 689 g/mol. The zero-order chi connectivity index (χ0) is 36.0. The second kappa shape index (κ2) is 13.2. The molecule has 254 valence electrons. The summed E-state index contributed by atoms with van der Waals surface area (Å²) >= 11 is 0. The highest BCUT2D eigenvalue weighted by molar-refractivity contribution is 6.33. The lowest BCUT2D eigenvalue weighted by Gasteiger charge is -2.27. The number of hydrogen-bond donors (Lipinski definition) is 0. The van der Waals surface area contributed by atoms with E-state index in [1.807, 2.05) is 6.20 Å². The van der Waals surface area contributed by atoms with Crippen molar-refractivity contribution in [1.29, 1.82) is 0 Å². The highest BCUT2D eigenvalue weighted by atomic mass is 15.2. The smallest absolute Gasteiger partial charge is 0.145 e. The molecule has 0 aliphatic rings. The molecule has 0 aliphatic heterocycles. The van der Waals surface area contributed by atoms with Gasteiger partial charge in [0.2, 0.25) is 0 Å². The molecule has 10 rings (SSSR count).